The first-order valence-corrected chi connectivity index (χ1v) is 4.55. The average Bonchev–Trinajstić information content (AvgIpc) is 2.18. The minimum Gasteiger partial charge on any atom is -0.399 e. The van der Waals surface area contributed by atoms with Gasteiger partial charge in [-0.1, -0.05) is 18.2 Å². The van der Waals surface area contributed by atoms with Crippen LogP contribution in [0.5, 0.6) is 0 Å². The van der Waals surface area contributed by atoms with Crippen LogP contribution in [0.15, 0.2) is 42.6 Å². The van der Waals surface area contributed by atoms with Gasteiger partial charge in [-0.15, -0.1) is 0 Å². The lowest BCUT2D eigenvalue weighted by atomic mass is 10.0. The second-order valence-electron chi connectivity index (χ2n) is 3.26. The van der Waals surface area contributed by atoms with Crippen LogP contribution in [-0.4, -0.2) is 4.98 Å². The summed E-state index contributed by atoms with van der Waals surface area (Å²) in [7, 11) is 0. The fraction of sp³-hybridized carbons (Fsp3) is 0.0833. The van der Waals surface area contributed by atoms with Crippen LogP contribution in [0, 0.1) is 6.92 Å². The minimum atomic E-state index is 0.783. The van der Waals surface area contributed by atoms with E-state index < -0.39 is 0 Å². The zero-order valence-corrected chi connectivity index (χ0v) is 8.07. The average molecular weight is 184 g/mol. The van der Waals surface area contributed by atoms with E-state index in [0.29, 0.717) is 0 Å². The molecule has 0 bridgehead atoms. The van der Waals surface area contributed by atoms with Crippen molar-refractivity contribution < 1.29 is 0 Å². The summed E-state index contributed by atoms with van der Waals surface area (Å²) in [5.74, 6) is 0. The Morgan fingerprint density at radius 1 is 1.14 bits per heavy atom. The van der Waals surface area contributed by atoms with Gasteiger partial charge in [0.05, 0.1) is 0 Å². The van der Waals surface area contributed by atoms with Crippen LogP contribution in [0.1, 0.15) is 5.69 Å². The summed E-state index contributed by atoms with van der Waals surface area (Å²) >= 11 is 0. The summed E-state index contributed by atoms with van der Waals surface area (Å²) in [6, 6.07) is 11.8. The highest BCUT2D eigenvalue weighted by molar-refractivity contribution is 5.68. The van der Waals surface area contributed by atoms with Gasteiger partial charge < -0.3 is 5.73 Å². The summed E-state index contributed by atoms with van der Waals surface area (Å²) in [6.45, 7) is 2.00. The van der Waals surface area contributed by atoms with Gasteiger partial charge in [0.2, 0.25) is 0 Å². The molecular weight excluding hydrogens is 172 g/mol. The molecule has 2 nitrogen and oxygen atoms in total. The summed E-state index contributed by atoms with van der Waals surface area (Å²) in [5.41, 5.74) is 9.79. The molecule has 0 radical (unpaired) electrons. The third kappa shape index (κ3) is 1.59. The number of pyridine rings is 1. The molecule has 0 aliphatic rings. The molecule has 0 atom stereocenters. The van der Waals surface area contributed by atoms with Crippen LogP contribution >= 0.6 is 0 Å². The van der Waals surface area contributed by atoms with Crippen molar-refractivity contribution in [2.45, 2.75) is 6.92 Å². The second-order valence-corrected chi connectivity index (χ2v) is 3.26. The van der Waals surface area contributed by atoms with Crippen molar-refractivity contribution in [3.63, 3.8) is 0 Å². The number of hydrogen-bond donors (Lipinski definition) is 1. The van der Waals surface area contributed by atoms with Gasteiger partial charge in [0, 0.05) is 23.1 Å². The summed E-state index contributed by atoms with van der Waals surface area (Å²) in [4.78, 5) is 4.24. The molecule has 1 aromatic heterocycles. The molecule has 0 saturated heterocycles. The Bertz CT molecular complexity index is 450. The lowest BCUT2D eigenvalue weighted by molar-refractivity contribution is 1.20. The number of benzene rings is 1. The first kappa shape index (κ1) is 8.75. The number of anilines is 1. The molecule has 0 unspecified atom stereocenters. The molecule has 0 aliphatic heterocycles. The molecule has 2 aromatic rings. The van der Waals surface area contributed by atoms with Gasteiger partial charge in [-0.25, -0.2) is 0 Å². The fourth-order valence-corrected chi connectivity index (χ4v) is 1.50. The van der Waals surface area contributed by atoms with Crippen molar-refractivity contribution in [3.8, 4) is 11.1 Å². The smallest absolute Gasteiger partial charge is 0.0450 e. The van der Waals surface area contributed by atoms with E-state index in [2.05, 4.69) is 11.1 Å². The monoisotopic (exact) mass is 184 g/mol. The van der Waals surface area contributed by atoms with Crippen molar-refractivity contribution in [2.75, 3.05) is 5.73 Å². The second kappa shape index (κ2) is 3.50. The predicted molar refractivity (Wildman–Crippen MR) is 58.8 cm³/mol. The largest absolute Gasteiger partial charge is 0.399 e. The standard InChI is InChI=1S/C12H12N2/c1-9-12(6-3-7-14-9)10-4-2-5-11(13)8-10/h2-8H,13H2,1H3. The SMILES string of the molecule is Cc1ncccc1-c1cccc(N)c1. The van der Waals surface area contributed by atoms with E-state index in [1.165, 1.54) is 0 Å². The van der Waals surface area contributed by atoms with E-state index >= 15 is 0 Å². The van der Waals surface area contributed by atoms with Gasteiger partial charge >= 0.3 is 0 Å². The molecule has 2 heteroatoms. The normalized spacial score (nSPS) is 10.1. The highest BCUT2D eigenvalue weighted by Crippen LogP contribution is 2.22. The highest BCUT2D eigenvalue weighted by Gasteiger charge is 2.01. The Kier molecular flexibility index (Phi) is 2.19. The van der Waals surface area contributed by atoms with E-state index in [9.17, 15) is 0 Å². The highest BCUT2D eigenvalue weighted by atomic mass is 14.7. The van der Waals surface area contributed by atoms with Gasteiger partial charge in [0.1, 0.15) is 0 Å². The van der Waals surface area contributed by atoms with Crippen molar-refractivity contribution in [1.29, 1.82) is 0 Å². The van der Waals surface area contributed by atoms with E-state index in [4.69, 9.17) is 5.73 Å². The van der Waals surface area contributed by atoms with Crippen molar-refractivity contribution in [1.82, 2.24) is 4.98 Å². The van der Waals surface area contributed by atoms with E-state index in [1.54, 1.807) is 6.20 Å². The Labute approximate surface area is 83.4 Å². The quantitative estimate of drug-likeness (QED) is 0.692. The molecule has 0 fully saturated rings. The van der Waals surface area contributed by atoms with Crippen molar-refractivity contribution in [2.24, 2.45) is 0 Å². The van der Waals surface area contributed by atoms with Crippen molar-refractivity contribution in [3.05, 3.63) is 48.3 Å². The number of hydrogen-bond acceptors (Lipinski definition) is 2. The number of nitrogen functional groups attached to an aromatic ring is 1. The summed E-state index contributed by atoms with van der Waals surface area (Å²) < 4.78 is 0. The molecule has 0 spiro atoms. The fourth-order valence-electron chi connectivity index (χ4n) is 1.50. The maximum absolute atomic E-state index is 5.73. The van der Waals surface area contributed by atoms with E-state index in [-0.39, 0.29) is 0 Å². The predicted octanol–water partition coefficient (Wildman–Crippen LogP) is 2.64. The molecule has 0 aliphatic carbocycles. The van der Waals surface area contributed by atoms with E-state index in [1.807, 2.05) is 37.3 Å². The van der Waals surface area contributed by atoms with Gasteiger partial charge in [0.15, 0.2) is 0 Å². The molecular formula is C12H12N2. The third-order valence-corrected chi connectivity index (χ3v) is 2.20. The lowest BCUT2D eigenvalue weighted by Gasteiger charge is -2.04. The van der Waals surface area contributed by atoms with Gasteiger partial charge in [-0.2, -0.15) is 0 Å². The van der Waals surface area contributed by atoms with Crippen LogP contribution in [-0.2, 0) is 0 Å². The first-order valence-electron chi connectivity index (χ1n) is 4.55. The van der Waals surface area contributed by atoms with Crippen LogP contribution in [0.3, 0.4) is 0 Å². The maximum atomic E-state index is 5.73. The van der Waals surface area contributed by atoms with Crippen LogP contribution in [0.2, 0.25) is 0 Å². The molecule has 2 N–H and O–H groups in total. The Balaban J connectivity index is 2.55. The van der Waals surface area contributed by atoms with Crippen LogP contribution < -0.4 is 5.73 Å². The molecule has 0 amide bonds. The molecule has 14 heavy (non-hydrogen) atoms. The Morgan fingerprint density at radius 2 is 2.00 bits per heavy atom. The van der Waals surface area contributed by atoms with Gasteiger partial charge in [-0.05, 0) is 30.7 Å². The summed E-state index contributed by atoms with van der Waals surface area (Å²) in [5, 5.41) is 0. The summed E-state index contributed by atoms with van der Waals surface area (Å²) in [6.07, 6.45) is 1.80. The molecule has 2 rings (SSSR count). The van der Waals surface area contributed by atoms with Crippen LogP contribution in [0.4, 0.5) is 5.69 Å². The Hall–Kier alpha value is -1.83. The zero-order chi connectivity index (χ0) is 9.97. The first-order chi connectivity index (χ1) is 6.77. The number of nitrogens with two attached hydrogens (primary N) is 1. The Morgan fingerprint density at radius 3 is 2.71 bits per heavy atom. The number of aryl methyl sites for hydroxylation is 1. The lowest BCUT2D eigenvalue weighted by Crippen LogP contribution is -1.88. The number of nitrogens with zero attached hydrogens (tertiary/aromatic N) is 1. The minimum absolute atomic E-state index is 0.783. The molecule has 1 heterocycles. The molecule has 70 valence electrons. The number of rotatable bonds is 1. The number of aromatic nitrogens is 1. The topological polar surface area (TPSA) is 38.9 Å². The van der Waals surface area contributed by atoms with E-state index in [0.717, 1.165) is 22.5 Å². The molecule has 1 aromatic carbocycles. The molecule has 0 saturated carbocycles. The maximum Gasteiger partial charge on any atom is 0.0450 e. The van der Waals surface area contributed by atoms with Crippen molar-refractivity contribution >= 4 is 5.69 Å². The van der Waals surface area contributed by atoms with Gasteiger partial charge in [0.25, 0.3) is 0 Å². The van der Waals surface area contributed by atoms with Gasteiger partial charge in [-0.3, -0.25) is 4.98 Å². The zero-order valence-electron chi connectivity index (χ0n) is 8.07. The third-order valence-electron chi connectivity index (χ3n) is 2.20. The van der Waals surface area contributed by atoms with Crippen LogP contribution in [0.25, 0.3) is 11.1 Å².